The molecular weight excluding hydrogens is 302 g/mol. The number of aliphatic hydroxyl groups is 1. The number of aliphatic hydroxyl groups excluding tert-OH is 1. The van der Waals surface area contributed by atoms with Gasteiger partial charge in [-0.15, -0.1) is 11.3 Å². The second kappa shape index (κ2) is 6.81. The first kappa shape index (κ1) is 14.9. The van der Waals surface area contributed by atoms with Crippen LogP contribution in [0.4, 0.5) is 0 Å². The van der Waals surface area contributed by atoms with Crippen molar-refractivity contribution in [2.45, 2.75) is 12.5 Å². The van der Waals surface area contributed by atoms with E-state index in [1.807, 2.05) is 17.5 Å². The smallest absolute Gasteiger partial charge is 0.225 e. The summed E-state index contributed by atoms with van der Waals surface area (Å²) < 4.78 is 10.9. The maximum Gasteiger partial charge on any atom is 0.225 e. The van der Waals surface area contributed by atoms with Crippen LogP contribution in [0.5, 0.6) is 11.5 Å². The van der Waals surface area contributed by atoms with Crippen LogP contribution in [0.25, 0.3) is 0 Å². The number of carbonyl (C=O) groups excluding carboxylic acids is 1. The number of hydrogen-bond acceptors (Lipinski definition) is 5. The minimum Gasteiger partial charge on any atom is -0.486 e. The van der Waals surface area contributed by atoms with E-state index in [-0.39, 0.29) is 12.5 Å². The molecule has 6 heteroatoms. The molecule has 1 amide bonds. The number of carbonyl (C=O) groups is 1. The van der Waals surface area contributed by atoms with Crippen molar-refractivity contribution >= 4 is 17.2 Å². The molecule has 0 bridgehead atoms. The van der Waals surface area contributed by atoms with Crippen molar-refractivity contribution in [1.82, 2.24) is 5.32 Å². The molecule has 0 radical (unpaired) electrons. The van der Waals surface area contributed by atoms with Gasteiger partial charge in [-0.1, -0.05) is 12.1 Å². The van der Waals surface area contributed by atoms with Crippen molar-refractivity contribution in [3.8, 4) is 11.5 Å². The fraction of sp³-hybridized carbons (Fsp3) is 0.312. The first-order valence-electron chi connectivity index (χ1n) is 7.09. The van der Waals surface area contributed by atoms with Crippen molar-refractivity contribution < 1.29 is 19.4 Å². The Morgan fingerprint density at radius 3 is 2.86 bits per heavy atom. The molecule has 1 aromatic heterocycles. The molecule has 22 heavy (non-hydrogen) atoms. The Hall–Kier alpha value is -2.05. The summed E-state index contributed by atoms with van der Waals surface area (Å²) in [5, 5.41) is 14.9. The summed E-state index contributed by atoms with van der Waals surface area (Å²) >= 11 is 1.54. The summed E-state index contributed by atoms with van der Waals surface area (Å²) in [6.45, 7) is 1.21. The zero-order valence-electron chi connectivity index (χ0n) is 12.0. The summed E-state index contributed by atoms with van der Waals surface area (Å²) in [7, 11) is 0. The molecule has 0 aliphatic carbocycles. The van der Waals surface area contributed by atoms with E-state index in [1.54, 1.807) is 29.5 Å². The second-order valence-corrected chi connectivity index (χ2v) is 6.01. The lowest BCUT2D eigenvalue weighted by molar-refractivity contribution is -0.120. The molecule has 0 fully saturated rings. The Morgan fingerprint density at radius 2 is 2.09 bits per heavy atom. The van der Waals surface area contributed by atoms with E-state index in [2.05, 4.69) is 5.32 Å². The van der Waals surface area contributed by atoms with Crippen LogP contribution in [-0.2, 0) is 11.2 Å². The quantitative estimate of drug-likeness (QED) is 0.883. The van der Waals surface area contributed by atoms with E-state index in [0.29, 0.717) is 36.7 Å². The van der Waals surface area contributed by atoms with E-state index in [4.69, 9.17) is 9.47 Å². The van der Waals surface area contributed by atoms with E-state index >= 15 is 0 Å². The van der Waals surface area contributed by atoms with Gasteiger partial charge in [0, 0.05) is 11.4 Å². The molecule has 1 aromatic carbocycles. The predicted molar refractivity (Wildman–Crippen MR) is 83.4 cm³/mol. The molecule has 1 aliphatic heterocycles. The second-order valence-electron chi connectivity index (χ2n) is 4.98. The summed E-state index contributed by atoms with van der Waals surface area (Å²) in [5.41, 5.74) is 0.695. The third-order valence-corrected chi connectivity index (χ3v) is 4.23. The van der Waals surface area contributed by atoms with Crippen LogP contribution in [-0.4, -0.2) is 30.8 Å². The standard InChI is InChI=1S/C16H17NO4S/c18-13(10-17-16(19)9-12-2-1-7-22-12)11-3-4-14-15(8-11)21-6-5-20-14/h1-4,7-8,13,18H,5-6,9-10H2,(H,17,19). The normalized spacial score (nSPS) is 14.4. The molecule has 2 aromatic rings. The average Bonchev–Trinajstić information content (AvgIpc) is 3.05. The van der Waals surface area contributed by atoms with Crippen molar-refractivity contribution in [3.05, 3.63) is 46.2 Å². The highest BCUT2D eigenvalue weighted by molar-refractivity contribution is 7.10. The van der Waals surface area contributed by atoms with Gasteiger partial charge in [0.1, 0.15) is 13.2 Å². The van der Waals surface area contributed by atoms with Crippen LogP contribution in [0, 0.1) is 0 Å². The SMILES string of the molecule is O=C(Cc1cccs1)NCC(O)c1ccc2c(c1)OCCO2. The zero-order valence-corrected chi connectivity index (χ0v) is 12.8. The Kier molecular flexibility index (Phi) is 4.60. The van der Waals surface area contributed by atoms with Gasteiger partial charge in [-0.3, -0.25) is 4.79 Å². The van der Waals surface area contributed by atoms with Gasteiger partial charge in [-0.25, -0.2) is 0 Å². The largest absolute Gasteiger partial charge is 0.486 e. The fourth-order valence-electron chi connectivity index (χ4n) is 2.23. The Labute approximate surface area is 132 Å². The average molecular weight is 319 g/mol. The van der Waals surface area contributed by atoms with Crippen LogP contribution in [0.15, 0.2) is 35.7 Å². The first-order chi connectivity index (χ1) is 10.7. The number of amides is 1. The molecule has 3 rings (SSSR count). The maximum atomic E-state index is 11.8. The molecule has 116 valence electrons. The molecule has 0 saturated heterocycles. The maximum absolute atomic E-state index is 11.8. The van der Waals surface area contributed by atoms with Gasteiger partial charge in [-0.2, -0.15) is 0 Å². The molecule has 0 saturated carbocycles. The summed E-state index contributed by atoms with van der Waals surface area (Å²) in [5.74, 6) is 1.22. The summed E-state index contributed by atoms with van der Waals surface area (Å²) in [4.78, 5) is 12.8. The minimum absolute atomic E-state index is 0.0981. The first-order valence-corrected chi connectivity index (χ1v) is 7.97. The molecule has 5 nitrogen and oxygen atoms in total. The molecule has 2 N–H and O–H groups in total. The molecular formula is C16H17NO4S. The topological polar surface area (TPSA) is 67.8 Å². The third-order valence-electron chi connectivity index (χ3n) is 3.36. The molecule has 1 aliphatic rings. The van der Waals surface area contributed by atoms with E-state index < -0.39 is 6.10 Å². The molecule has 1 atom stereocenters. The lowest BCUT2D eigenvalue weighted by Crippen LogP contribution is -2.29. The Bertz CT molecular complexity index is 642. The Balaban J connectivity index is 1.55. The summed E-state index contributed by atoms with van der Waals surface area (Å²) in [6, 6.07) is 9.15. The van der Waals surface area contributed by atoms with Gasteiger partial charge in [0.15, 0.2) is 11.5 Å². The van der Waals surface area contributed by atoms with Crippen LogP contribution in [0.3, 0.4) is 0 Å². The van der Waals surface area contributed by atoms with Crippen LogP contribution < -0.4 is 14.8 Å². The Morgan fingerprint density at radius 1 is 1.27 bits per heavy atom. The van der Waals surface area contributed by atoms with Gasteiger partial charge in [0.25, 0.3) is 0 Å². The van der Waals surface area contributed by atoms with Gasteiger partial charge in [0.2, 0.25) is 5.91 Å². The number of thiophene rings is 1. The predicted octanol–water partition coefficient (Wildman–Crippen LogP) is 1.91. The van der Waals surface area contributed by atoms with Crippen LogP contribution in [0.1, 0.15) is 16.5 Å². The van der Waals surface area contributed by atoms with Gasteiger partial charge in [-0.05, 0) is 29.1 Å². The van der Waals surface area contributed by atoms with Gasteiger partial charge in [0.05, 0.1) is 12.5 Å². The van der Waals surface area contributed by atoms with Crippen molar-refractivity contribution in [1.29, 1.82) is 0 Å². The number of benzene rings is 1. The highest BCUT2D eigenvalue weighted by Gasteiger charge is 2.16. The van der Waals surface area contributed by atoms with Gasteiger partial charge < -0.3 is 19.9 Å². The van der Waals surface area contributed by atoms with Crippen LogP contribution in [0.2, 0.25) is 0 Å². The minimum atomic E-state index is -0.775. The lowest BCUT2D eigenvalue weighted by Gasteiger charge is -2.20. The number of hydrogen-bond donors (Lipinski definition) is 2. The van der Waals surface area contributed by atoms with Gasteiger partial charge >= 0.3 is 0 Å². The third kappa shape index (κ3) is 3.58. The zero-order chi connectivity index (χ0) is 15.4. The lowest BCUT2D eigenvalue weighted by atomic mass is 10.1. The van der Waals surface area contributed by atoms with E-state index in [1.165, 1.54) is 0 Å². The van der Waals surface area contributed by atoms with E-state index in [0.717, 1.165) is 4.88 Å². The van der Waals surface area contributed by atoms with Crippen molar-refractivity contribution in [3.63, 3.8) is 0 Å². The molecule has 2 heterocycles. The highest BCUT2D eigenvalue weighted by atomic mass is 32.1. The number of fused-ring (bicyclic) bond motifs is 1. The monoisotopic (exact) mass is 319 g/mol. The van der Waals surface area contributed by atoms with E-state index in [9.17, 15) is 9.90 Å². The van der Waals surface area contributed by atoms with Crippen molar-refractivity contribution in [2.24, 2.45) is 0 Å². The summed E-state index contributed by atoms with van der Waals surface area (Å²) in [6.07, 6.45) is -0.436. The molecule has 1 unspecified atom stereocenters. The van der Waals surface area contributed by atoms with Crippen LogP contribution >= 0.6 is 11.3 Å². The van der Waals surface area contributed by atoms with Crippen molar-refractivity contribution in [2.75, 3.05) is 19.8 Å². The number of ether oxygens (including phenoxy) is 2. The number of rotatable bonds is 5. The fourth-order valence-corrected chi connectivity index (χ4v) is 2.93. The number of nitrogens with one attached hydrogen (secondary N) is 1. The highest BCUT2D eigenvalue weighted by Crippen LogP contribution is 2.32. The molecule has 0 spiro atoms.